The molecule has 1 N–H and O–H groups in total. The van der Waals surface area contributed by atoms with Crippen LogP contribution in [0, 0.1) is 21.4 Å². The molecule has 0 amide bonds. The first-order valence-electron chi connectivity index (χ1n) is 6.55. The molecule has 0 aliphatic heterocycles. The molecule has 106 valence electrons. The molecule has 6 heteroatoms. The maximum Gasteiger partial charge on any atom is 0.270 e. The average Bonchev–Trinajstić information content (AvgIpc) is 2.52. The van der Waals surface area contributed by atoms with Crippen molar-refractivity contribution in [3.8, 4) is 17.3 Å². The Hall–Kier alpha value is -2.94. The van der Waals surface area contributed by atoms with Gasteiger partial charge in [0, 0.05) is 24.2 Å². The lowest BCUT2D eigenvalue weighted by Crippen LogP contribution is -2.04. The summed E-state index contributed by atoms with van der Waals surface area (Å²) in [7, 11) is 0. The zero-order chi connectivity index (χ0) is 15.2. The number of hydrogen-bond donors (Lipinski definition) is 1. The Morgan fingerprint density at radius 2 is 2.19 bits per heavy atom. The standard InChI is InChI=1S/C15H14N4O2/c1-2-8-17-15-12(10-16)6-7-14(18-15)11-4-3-5-13(9-11)19(20)21/h3-7,9H,2,8H2,1H3,(H,17,18). The van der Waals surface area contributed by atoms with Crippen molar-refractivity contribution in [2.75, 3.05) is 11.9 Å². The first-order chi connectivity index (χ1) is 10.2. The second-order valence-electron chi connectivity index (χ2n) is 4.44. The van der Waals surface area contributed by atoms with E-state index < -0.39 is 4.92 Å². The van der Waals surface area contributed by atoms with E-state index in [1.165, 1.54) is 12.1 Å². The van der Waals surface area contributed by atoms with Gasteiger partial charge in [0.1, 0.15) is 11.9 Å². The van der Waals surface area contributed by atoms with E-state index in [0.29, 0.717) is 29.2 Å². The van der Waals surface area contributed by atoms with Crippen LogP contribution >= 0.6 is 0 Å². The van der Waals surface area contributed by atoms with Crippen LogP contribution in [-0.4, -0.2) is 16.5 Å². The van der Waals surface area contributed by atoms with Crippen molar-refractivity contribution in [2.24, 2.45) is 0 Å². The molecule has 0 fully saturated rings. The van der Waals surface area contributed by atoms with Gasteiger partial charge in [-0.2, -0.15) is 5.26 Å². The van der Waals surface area contributed by atoms with Gasteiger partial charge < -0.3 is 5.32 Å². The molecule has 21 heavy (non-hydrogen) atoms. The van der Waals surface area contributed by atoms with Crippen LogP contribution in [0.5, 0.6) is 0 Å². The zero-order valence-electron chi connectivity index (χ0n) is 11.5. The minimum Gasteiger partial charge on any atom is -0.369 e. The molecule has 0 saturated carbocycles. The molecule has 6 nitrogen and oxygen atoms in total. The molecule has 0 aliphatic rings. The molecule has 0 atom stereocenters. The maximum absolute atomic E-state index is 10.8. The van der Waals surface area contributed by atoms with Crippen LogP contribution in [0.1, 0.15) is 18.9 Å². The number of nitro groups is 1. The second-order valence-corrected chi connectivity index (χ2v) is 4.44. The van der Waals surface area contributed by atoms with E-state index in [1.807, 2.05) is 6.92 Å². The number of nitriles is 1. The van der Waals surface area contributed by atoms with Crippen molar-refractivity contribution in [1.82, 2.24) is 4.98 Å². The monoisotopic (exact) mass is 282 g/mol. The highest BCUT2D eigenvalue weighted by Crippen LogP contribution is 2.24. The number of nitro benzene ring substituents is 1. The average molecular weight is 282 g/mol. The predicted molar refractivity (Wildman–Crippen MR) is 79.8 cm³/mol. The lowest BCUT2D eigenvalue weighted by atomic mass is 10.1. The number of benzene rings is 1. The summed E-state index contributed by atoms with van der Waals surface area (Å²) in [5.74, 6) is 0.503. The number of non-ortho nitro benzene ring substituents is 1. The fraction of sp³-hybridized carbons (Fsp3) is 0.200. The van der Waals surface area contributed by atoms with Gasteiger partial charge in [-0.05, 0) is 18.6 Å². The Morgan fingerprint density at radius 3 is 2.86 bits per heavy atom. The van der Waals surface area contributed by atoms with E-state index in [1.54, 1.807) is 24.3 Å². The van der Waals surface area contributed by atoms with Crippen LogP contribution in [0.3, 0.4) is 0 Å². The number of hydrogen-bond acceptors (Lipinski definition) is 5. The number of pyridine rings is 1. The second kappa shape index (κ2) is 6.48. The van der Waals surface area contributed by atoms with Crippen molar-refractivity contribution in [3.05, 3.63) is 52.1 Å². The van der Waals surface area contributed by atoms with Crippen molar-refractivity contribution < 1.29 is 4.92 Å². The number of aromatic nitrogens is 1. The van der Waals surface area contributed by atoms with E-state index >= 15 is 0 Å². The molecule has 0 radical (unpaired) electrons. The van der Waals surface area contributed by atoms with Crippen LogP contribution in [0.25, 0.3) is 11.3 Å². The third kappa shape index (κ3) is 3.34. The SMILES string of the molecule is CCCNc1nc(-c2cccc([N+](=O)[O-])c2)ccc1C#N. The van der Waals surface area contributed by atoms with Crippen LogP contribution in [0.15, 0.2) is 36.4 Å². The van der Waals surface area contributed by atoms with Crippen LogP contribution in [0.4, 0.5) is 11.5 Å². The molecule has 0 spiro atoms. The minimum atomic E-state index is -0.441. The summed E-state index contributed by atoms with van der Waals surface area (Å²) in [6.07, 6.45) is 0.910. The summed E-state index contributed by atoms with van der Waals surface area (Å²) in [4.78, 5) is 14.8. The molecule has 1 heterocycles. The van der Waals surface area contributed by atoms with Crippen LogP contribution < -0.4 is 5.32 Å². The number of nitrogens with one attached hydrogen (secondary N) is 1. The zero-order valence-corrected chi connectivity index (χ0v) is 11.5. The van der Waals surface area contributed by atoms with Crippen LogP contribution in [-0.2, 0) is 0 Å². The van der Waals surface area contributed by atoms with Gasteiger partial charge in [0.05, 0.1) is 16.2 Å². The van der Waals surface area contributed by atoms with Gasteiger partial charge in [0.25, 0.3) is 5.69 Å². The van der Waals surface area contributed by atoms with Gasteiger partial charge in [-0.25, -0.2) is 4.98 Å². The summed E-state index contributed by atoms with van der Waals surface area (Å²) in [5, 5.41) is 23.0. The summed E-state index contributed by atoms with van der Waals surface area (Å²) < 4.78 is 0. The molecule has 1 aromatic carbocycles. The Morgan fingerprint density at radius 1 is 1.38 bits per heavy atom. The number of nitrogens with zero attached hydrogens (tertiary/aromatic N) is 3. The highest BCUT2D eigenvalue weighted by molar-refractivity contribution is 5.66. The summed E-state index contributed by atoms with van der Waals surface area (Å²) in [6, 6.07) is 11.7. The minimum absolute atomic E-state index is 0.0155. The Balaban J connectivity index is 2.42. The molecule has 0 bridgehead atoms. The molecule has 0 aliphatic carbocycles. The smallest absolute Gasteiger partial charge is 0.270 e. The van der Waals surface area contributed by atoms with Gasteiger partial charge in [0.2, 0.25) is 0 Å². The van der Waals surface area contributed by atoms with Gasteiger partial charge in [0.15, 0.2) is 0 Å². The molecular weight excluding hydrogens is 268 g/mol. The normalized spacial score (nSPS) is 9.90. The predicted octanol–water partition coefficient (Wildman–Crippen LogP) is 3.35. The molecule has 2 aromatic rings. The van der Waals surface area contributed by atoms with E-state index in [2.05, 4.69) is 16.4 Å². The molecule has 0 saturated heterocycles. The Bertz CT molecular complexity index is 707. The third-order valence-electron chi connectivity index (χ3n) is 2.91. The highest BCUT2D eigenvalue weighted by atomic mass is 16.6. The van der Waals surface area contributed by atoms with Crippen molar-refractivity contribution in [3.63, 3.8) is 0 Å². The van der Waals surface area contributed by atoms with Crippen molar-refractivity contribution >= 4 is 11.5 Å². The van der Waals surface area contributed by atoms with Gasteiger partial charge >= 0.3 is 0 Å². The van der Waals surface area contributed by atoms with Gasteiger partial charge in [-0.1, -0.05) is 19.1 Å². The summed E-state index contributed by atoms with van der Waals surface area (Å²) >= 11 is 0. The number of rotatable bonds is 5. The van der Waals surface area contributed by atoms with Crippen molar-refractivity contribution in [2.45, 2.75) is 13.3 Å². The topological polar surface area (TPSA) is 91.8 Å². The fourth-order valence-corrected chi connectivity index (χ4v) is 1.87. The van der Waals surface area contributed by atoms with E-state index in [0.717, 1.165) is 6.42 Å². The lowest BCUT2D eigenvalue weighted by molar-refractivity contribution is -0.384. The summed E-state index contributed by atoms with van der Waals surface area (Å²) in [6.45, 7) is 2.73. The number of anilines is 1. The molecular formula is C15H14N4O2. The first-order valence-corrected chi connectivity index (χ1v) is 6.55. The van der Waals surface area contributed by atoms with E-state index in [9.17, 15) is 10.1 Å². The first kappa shape index (κ1) is 14.5. The maximum atomic E-state index is 10.8. The summed E-state index contributed by atoms with van der Waals surface area (Å²) in [5.41, 5.74) is 1.71. The van der Waals surface area contributed by atoms with Gasteiger partial charge in [-0.3, -0.25) is 10.1 Å². The Labute approximate surface area is 122 Å². The molecule has 1 aromatic heterocycles. The quantitative estimate of drug-likeness (QED) is 0.670. The highest BCUT2D eigenvalue weighted by Gasteiger charge is 2.10. The van der Waals surface area contributed by atoms with Gasteiger partial charge in [-0.15, -0.1) is 0 Å². The van der Waals surface area contributed by atoms with E-state index in [-0.39, 0.29) is 5.69 Å². The lowest BCUT2D eigenvalue weighted by Gasteiger charge is -2.08. The van der Waals surface area contributed by atoms with Crippen LogP contribution in [0.2, 0.25) is 0 Å². The van der Waals surface area contributed by atoms with E-state index in [4.69, 9.17) is 5.26 Å². The Kier molecular flexibility index (Phi) is 4.46. The fourth-order valence-electron chi connectivity index (χ4n) is 1.87. The largest absolute Gasteiger partial charge is 0.369 e. The molecule has 0 unspecified atom stereocenters. The third-order valence-corrected chi connectivity index (χ3v) is 2.91. The molecule has 2 rings (SSSR count). The van der Waals surface area contributed by atoms with Crippen molar-refractivity contribution in [1.29, 1.82) is 5.26 Å².